The van der Waals surface area contributed by atoms with E-state index < -0.39 is 0 Å². The lowest BCUT2D eigenvalue weighted by Crippen LogP contribution is -2.24. The molecule has 0 aliphatic carbocycles. The Morgan fingerprint density at radius 1 is 1.08 bits per heavy atom. The Morgan fingerprint density at radius 2 is 1.96 bits per heavy atom. The highest BCUT2D eigenvalue weighted by Gasteiger charge is 2.09. The number of hydrogen-bond acceptors (Lipinski definition) is 5. The molecule has 6 heteroatoms. The number of aromatic nitrogens is 3. The zero-order valence-electron chi connectivity index (χ0n) is 13.2. The summed E-state index contributed by atoms with van der Waals surface area (Å²) >= 11 is 0. The highest BCUT2D eigenvalue weighted by atomic mass is 16.1. The van der Waals surface area contributed by atoms with E-state index in [0.717, 1.165) is 16.8 Å². The summed E-state index contributed by atoms with van der Waals surface area (Å²) in [5, 5.41) is 5.95. The number of hydrogen-bond donors (Lipinski definition) is 2. The Kier molecular flexibility index (Phi) is 4.76. The molecule has 0 saturated carbocycles. The van der Waals surface area contributed by atoms with Crippen LogP contribution in [0, 0.1) is 6.92 Å². The number of nitrogens with zero attached hydrogens (tertiary/aromatic N) is 3. The van der Waals surface area contributed by atoms with Crippen LogP contribution in [0.15, 0.2) is 61.1 Å². The van der Waals surface area contributed by atoms with Crippen LogP contribution in [-0.2, 0) is 6.54 Å². The summed E-state index contributed by atoms with van der Waals surface area (Å²) in [6.45, 7) is 2.39. The molecule has 3 aromatic rings. The number of benzene rings is 1. The van der Waals surface area contributed by atoms with Crippen molar-refractivity contribution in [1.29, 1.82) is 0 Å². The lowest BCUT2D eigenvalue weighted by Gasteiger charge is -2.09. The fraction of sp³-hybridized carbons (Fsp3) is 0.111. The molecule has 2 N–H and O–H groups in total. The highest BCUT2D eigenvalue weighted by Crippen LogP contribution is 2.17. The molecular weight excluding hydrogens is 302 g/mol. The minimum absolute atomic E-state index is 0.255. The fourth-order valence-corrected chi connectivity index (χ4v) is 2.15. The van der Waals surface area contributed by atoms with Crippen molar-refractivity contribution in [2.45, 2.75) is 13.5 Å². The number of pyridine rings is 1. The van der Waals surface area contributed by atoms with E-state index in [9.17, 15) is 4.79 Å². The Labute approximate surface area is 140 Å². The molecule has 2 aromatic heterocycles. The van der Waals surface area contributed by atoms with Crippen molar-refractivity contribution in [3.63, 3.8) is 0 Å². The maximum Gasteiger partial charge on any atom is 0.270 e. The van der Waals surface area contributed by atoms with Gasteiger partial charge in [-0.3, -0.25) is 9.78 Å². The van der Waals surface area contributed by atoms with Crippen LogP contribution in [0.4, 0.5) is 11.6 Å². The van der Waals surface area contributed by atoms with Gasteiger partial charge in [0.25, 0.3) is 5.91 Å². The van der Waals surface area contributed by atoms with Crippen molar-refractivity contribution in [3.8, 4) is 0 Å². The van der Waals surface area contributed by atoms with E-state index >= 15 is 0 Å². The standard InChI is InChI=1S/C18H17N5O/c1-13-5-2-3-7-15(13)22-18-20-10-8-16(23-18)17(24)21-12-14-6-4-9-19-11-14/h2-11H,12H2,1H3,(H,21,24)(H,20,22,23). The number of carbonyl (C=O) groups excluding carboxylic acids is 1. The number of aryl methyl sites for hydroxylation is 1. The van der Waals surface area contributed by atoms with E-state index in [1.54, 1.807) is 24.7 Å². The molecule has 6 nitrogen and oxygen atoms in total. The van der Waals surface area contributed by atoms with Crippen LogP contribution in [0.3, 0.4) is 0 Å². The Morgan fingerprint density at radius 3 is 2.75 bits per heavy atom. The average Bonchev–Trinajstić information content (AvgIpc) is 2.63. The van der Waals surface area contributed by atoms with Gasteiger partial charge >= 0.3 is 0 Å². The number of para-hydroxylation sites is 1. The molecule has 24 heavy (non-hydrogen) atoms. The quantitative estimate of drug-likeness (QED) is 0.756. The maximum absolute atomic E-state index is 12.2. The molecule has 120 valence electrons. The second-order valence-electron chi connectivity index (χ2n) is 5.25. The first-order chi connectivity index (χ1) is 11.7. The second-order valence-corrected chi connectivity index (χ2v) is 5.25. The third kappa shape index (κ3) is 3.92. The second kappa shape index (κ2) is 7.32. The first-order valence-electron chi connectivity index (χ1n) is 7.55. The molecule has 0 saturated heterocycles. The number of anilines is 2. The number of carbonyl (C=O) groups is 1. The molecule has 0 atom stereocenters. The molecule has 0 radical (unpaired) electrons. The van der Waals surface area contributed by atoms with E-state index in [4.69, 9.17) is 0 Å². The predicted octanol–water partition coefficient (Wildman–Crippen LogP) is 2.85. The summed E-state index contributed by atoms with van der Waals surface area (Å²) in [4.78, 5) is 24.7. The smallest absolute Gasteiger partial charge is 0.270 e. The van der Waals surface area contributed by atoms with Crippen molar-refractivity contribution < 1.29 is 4.79 Å². The fourth-order valence-electron chi connectivity index (χ4n) is 2.15. The monoisotopic (exact) mass is 319 g/mol. The van der Waals surface area contributed by atoms with Gasteiger partial charge in [0, 0.05) is 30.8 Å². The first kappa shape index (κ1) is 15.6. The molecule has 1 aromatic carbocycles. The van der Waals surface area contributed by atoms with Gasteiger partial charge in [-0.15, -0.1) is 0 Å². The zero-order valence-corrected chi connectivity index (χ0v) is 13.2. The zero-order chi connectivity index (χ0) is 16.8. The normalized spacial score (nSPS) is 10.2. The molecule has 0 unspecified atom stereocenters. The van der Waals surface area contributed by atoms with Crippen LogP contribution in [0.5, 0.6) is 0 Å². The summed E-state index contributed by atoms with van der Waals surface area (Å²) in [5.41, 5.74) is 3.22. The summed E-state index contributed by atoms with van der Waals surface area (Å²) in [5.74, 6) is 0.132. The third-order valence-electron chi connectivity index (χ3n) is 3.46. The van der Waals surface area contributed by atoms with Gasteiger partial charge in [0.05, 0.1) is 0 Å². The van der Waals surface area contributed by atoms with E-state index in [-0.39, 0.29) is 5.91 Å². The molecule has 0 spiro atoms. The van der Waals surface area contributed by atoms with Crippen molar-refractivity contribution in [2.75, 3.05) is 5.32 Å². The third-order valence-corrected chi connectivity index (χ3v) is 3.46. The van der Waals surface area contributed by atoms with Gasteiger partial charge in [0.1, 0.15) is 5.69 Å². The van der Waals surface area contributed by atoms with Gasteiger partial charge in [-0.25, -0.2) is 9.97 Å². The average molecular weight is 319 g/mol. The lowest BCUT2D eigenvalue weighted by molar-refractivity contribution is 0.0946. The molecule has 0 aliphatic rings. The topological polar surface area (TPSA) is 79.8 Å². The van der Waals surface area contributed by atoms with Gasteiger partial charge in [-0.05, 0) is 36.2 Å². The van der Waals surface area contributed by atoms with Crippen LogP contribution >= 0.6 is 0 Å². The minimum Gasteiger partial charge on any atom is -0.347 e. The van der Waals surface area contributed by atoms with Crippen LogP contribution < -0.4 is 10.6 Å². The van der Waals surface area contributed by atoms with Crippen molar-refractivity contribution in [2.24, 2.45) is 0 Å². The number of amides is 1. The lowest BCUT2D eigenvalue weighted by atomic mass is 10.2. The molecule has 0 aliphatic heterocycles. The van der Waals surface area contributed by atoms with Crippen LogP contribution in [-0.4, -0.2) is 20.9 Å². The molecule has 3 rings (SSSR count). The van der Waals surface area contributed by atoms with Crippen molar-refractivity contribution >= 4 is 17.5 Å². The summed E-state index contributed by atoms with van der Waals surface area (Å²) in [7, 11) is 0. The van der Waals surface area contributed by atoms with Crippen molar-refractivity contribution in [1.82, 2.24) is 20.3 Å². The molecule has 1 amide bonds. The Hall–Kier alpha value is -3.28. The first-order valence-corrected chi connectivity index (χ1v) is 7.55. The van der Waals surface area contributed by atoms with Gasteiger partial charge in [-0.2, -0.15) is 0 Å². The summed E-state index contributed by atoms with van der Waals surface area (Å²) in [6.07, 6.45) is 4.97. The number of rotatable bonds is 5. The molecule has 2 heterocycles. The van der Waals surface area contributed by atoms with E-state index in [1.807, 2.05) is 43.3 Å². The van der Waals surface area contributed by atoms with Crippen LogP contribution in [0.1, 0.15) is 21.6 Å². The van der Waals surface area contributed by atoms with Crippen LogP contribution in [0.25, 0.3) is 0 Å². The van der Waals surface area contributed by atoms with Gasteiger partial charge < -0.3 is 10.6 Å². The maximum atomic E-state index is 12.2. The van der Waals surface area contributed by atoms with E-state index in [2.05, 4.69) is 25.6 Å². The predicted molar refractivity (Wildman–Crippen MR) is 91.9 cm³/mol. The van der Waals surface area contributed by atoms with E-state index in [1.165, 1.54) is 0 Å². The Balaban J connectivity index is 1.68. The van der Waals surface area contributed by atoms with E-state index in [0.29, 0.717) is 18.2 Å². The van der Waals surface area contributed by atoms with Crippen molar-refractivity contribution in [3.05, 3.63) is 77.9 Å². The minimum atomic E-state index is -0.255. The van der Waals surface area contributed by atoms with Gasteiger partial charge in [-0.1, -0.05) is 24.3 Å². The summed E-state index contributed by atoms with van der Waals surface area (Å²) in [6, 6.07) is 13.1. The van der Waals surface area contributed by atoms with Crippen LogP contribution in [0.2, 0.25) is 0 Å². The highest BCUT2D eigenvalue weighted by molar-refractivity contribution is 5.92. The largest absolute Gasteiger partial charge is 0.347 e. The number of nitrogens with one attached hydrogen (secondary N) is 2. The molecule has 0 bridgehead atoms. The summed E-state index contributed by atoms with van der Waals surface area (Å²) < 4.78 is 0. The molecular formula is C18H17N5O. The SMILES string of the molecule is Cc1ccccc1Nc1nccc(C(=O)NCc2cccnc2)n1. The molecule has 0 fully saturated rings. The van der Waals surface area contributed by atoms with Gasteiger partial charge in [0.15, 0.2) is 0 Å². The Bertz CT molecular complexity index is 836. The van der Waals surface area contributed by atoms with Gasteiger partial charge in [0.2, 0.25) is 5.95 Å².